The number of esters is 1. The Labute approximate surface area is 129 Å². The second-order valence-electron chi connectivity index (χ2n) is 5.10. The first-order chi connectivity index (χ1) is 10.1. The Hall–Kier alpha value is -1.93. The van der Waals surface area contributed by atoms with Gasteiger partial charge in [0.05, 0.1) is 17.6 Å². The van der Waals surface area contributed by atoms with Crippen LogP contribution in [0.4, 0.5) is 0 Å². The molecule has 1 atom stereocenters. The number of methoxy groups -OCH3 is 1. The summed E-state index contributed by atoms with van der Waals surface area (Å²) >= 11 is 0. The second kappa shape index (κ2) is 6.89. The number of sulfonamides is 1. The van der Waals surface area contributed by atoms with E-state index in [4.69, 9.17) is 5.11 Å². The maximum Gasteiger partial charge on any atom is 0.338 e. The first kappa shape index (κ1) is 18.1. The largest absolute Gasteiger partial charge is 0.480 e. The Bertz CT molecular complexity index is 681. The molecule has 0 aromatic heterocycles. The third-order valence-electron chi connectivity index (χ3n) is 3.19. The molecular weight excluding hydrogens is 310 g/mol. The van der Waals surface area contributed by atoms with Crippen molar-refractivity contribution in [2.75, 3.05) is 7.11 Å². The number of ether oxygens (including phenoxy) is 1. The van der Waals surface area contributed by atoms with E-state index in [1.165, 1.54) is 32.2 Å². The first-order valence-electron chi connectivity index (χ1n) is 6.55. The van der Waals surface area contributed by atoms with Crippen molar-refractivity contribution in [1.82, 2.24) is 4.72 Å². The predicted octanol–water partition coefficient (Wildman–Crippen LogP) is 1.17. The highest BCUT2D eigenvalue weighted by atomic mass is 32.2. The average molecular weight is 329 g/mol. The minimum absolute atomic E-state index is 0.113. The fourth-order valence-corrected chi connectivity index (χ4v) is 3.54. The van der Waals surface area contributed by atoms with Crippen molar-refractivity contribution in [2.24, 2.45) is 5.92 Å². The molecule has 8 heteroatoms. The molecule has 2 N–H and O–H groups in total. The zero-order chi connectivity index (χ0) is 17.1. The highest BCUT2D eigenvalue weighted by Gasteiger charge is 2.29. The Morgan fingerprint density at radius 1 is 1.27 bits per heavy atom. The predicted molar refractivity (Wildman–Crippen MR) is 79.1 cm³/mol. The lowest BCUT2D eigenvalue weighted by atomic mass is 10.1. The third kappa shape index (κ3) is 3.83. The standard InChI is InChI=1S/C14H19NO6S/c1-8(2)12(13(16)17)15-22(19,20)11-7-5-6-10(9(11)3)14(18)21-4/h5-8,12,15H,1-4H3,(H,16,17)/t12-/m1/s1. The quantitative estimate of drug-likeness (QED) is 0.758. The summed E-state index contributed by atoms with van der Waals surface area (Å²) in [6.07, 6.45) is 0. The molecule has 1 rings (SSSR count). The van der Waals surface area contributed by atoms with Crippen LogP contribution in [0, 0.1) is 12.8 Å². The fourth-order valence-electron chi connectivity index (χ4n) is 1.94. The van der Waals surface area contributed by atoms with Crippen molar-refractivity contribution in [3.05, 3.63) is 29.3 Å². The summed E-state index contributed by atoms with van der Waals surface area (Å²) in [5, 5.41) is 9.10. The van der Waals surface area contributed by atoms with Gasteiger partial charge in [-0.15, -0.1) is 0 Å². The van der Waals surface area contributed by atoms with Crippen LogP contribution in [0.3, 0.4) is 0 Å². The van der Waals surface area contributed by atoms with E-state index in [1.54, 1.807) is 13.8 Å². The lowest BCUT2D eigenvalue weighted by molar-refractivity contribution is -0.140. The van der Waals surface area contributed by atoms with Gasteiger partial charge in [-0.3, -0.25) is 4.79 Å². The highest BCUT2D eigenvalue weighted by Crippen LogP contribution is 2.20. The lowest BCUT2D eigenvalue weighted by Gasteiger charge is -2.19. The Morgan fingerprint density at radius 3 is 2.32 bits per heavy atom. The number of carboxylic acid groups (broad SMARTS) is 1. The van der Waals surface area contributed by atoms with Crippen LogP contribution >= 0.6 is 0 Å². The van der Waals surface area contributed by atoms with E-state index in [9.17, 15) is 18.0 Å². The summed E-state index contributed by atoms with van der Waals surface area (Å²) in [6, 6.07) is 2.89. The summed E-state index contributed by atoms with van der Waals surface area (Å²) in [5.74, 6) is -2.36. The number of nitrogens with one attached hydrogen (secondary N) is 1. The van der Waals surface area contributed by atoms with Gasteiger partial charge in [0, 0.05) is 0 Å². The Morgan fingerprint density at radius 2 is 1.86 bits per heavy atom. The van der Waals surface area contributed by atoms with Gasteiger partial charge >= 0.3 is 11.9 Å². The summed E-state index contributed by atoms with van der Waals surface area (Å²) in [5.41, 5.74) is 0.316. The fraction of sp³-hybridized carbons (Fsp3) is 0.429. The van der Waals surface area contributed by atoms with Crippen LogP contribution in [0.25, 0.3) is 0 Å². The van der Waals surface area contributed by atoms with E-state index in [-0.39, 0.29) is 16.0 Å². The van der Waals surface area contributed by atoms with Gasteiger partial charge in [0.2, 0.25) is 10.0 Å². The number of hydrogen-bond donors (Lipinski definition) is 2. The molecule has 1 aromatic carbocycles. The van der Waals surface area contributed by atoms with Crippen LogP contribution in [0.2, 0.25) is 0 Å². The molecule has 0 heterocycles. The van der Waals surface area contributed by atoms with Gasteiger partial charge < -0.3 is 9.84 Å². The van der Waals surface area contributed by atoms with Crippen molar-refractivity contribution in [2.45, 2.75) is 31.7 Å². The molecule has 0 amide bonds. The third-order valence-corrected chi connectivity index (χ3v) is 4.78. The molecule has 0 unspecified atom stereocenters. The Balaban J connectivity index is 3.29. The zero-order valence-electron chi connectivity index (χ0n) is 12.8. The number of rotatable bonds is 6. The van der Waals surface area contributed by atoms with Gasteiger partial charge in [-0.1, -0.05) is 19.9 Å². The van der Waals surface area contributed by atoms with Crippen LogP contribution in [0.15, 0.2) is 23.1 Å². The van der Waals surface area contributed by atoms with Crippen molar-refractivity contribution in [3.8, 4) is 0 Å². The summed E-state index contributed by atoms with van der Waals surface area (Å²) in [4.78, 5) is 22.6. The normalized spacial score (nSPS) is 13.0. The van der Waals surface area contributed by atoms with Gasteiger partial charge in [0.15, 0.2) is 0 Å². The van der Waals surface area contributed by atoms with Gasteiger partial charge in [-0.05, 0) is 30.5 Å². The first-order valence-corrected chi connectivity index (χ1v) is 8.03. The molecule has 22 heavy (non-hydrogen) atoms. The molecule has 0 saturated carbocycles. The van der Waals surface area contributed by atoms with E-state index < -0.39 is 33.9 Å². The number of benzene rings is 1. The molecule has 0 aliphatic rings. The van der Waals surface area contributed by atoms with E-state index in [1.807, 2.05) is 0 Å². The molecular formula is C14H19NO6S. The minimum atomic E-state index is -4.08. The molecule has 0 saturated heterocycles. The highest BCUT2D eigenvalue weighted by molar-refractivity contribution is 7.89. The van der Waals surface area contributed by atoms with E-state index in [2.05, 4.69) is 9.46 Å². The maximum atomic E-state index is 12.4. The van der Waals surface area contributed by atoms with Crippen LogP contribution in [0.5, 0.6) is 0 Å². The van der Waals surface area contributed by atoms with Gasteiger partial charge in [-0.2, -0.15) is 4.72 Å². The molecule has 0 bridgehead atoms. The van der Waals surface area contributed by atoms with Crippen LogP contribution in [-0.4, -0.2) is 38.6 Å². The summed E-state index contributed by atoms with van der Waals surface area (Å²) in [7, 11) is -2.89. The SMILES string of the molecule is COC(=O)c1cccc(S(=O)(=O)N[C@@H](C(=O)O)C(C)C)c1C. The molecule has 1 aromatic rings. The molecule has 0 aliphatic heterocycles. The van der Waals surface area contributed by atoms with Gasteiger partial charge in [0.1, 0.15) is 6.04 Å². The number of aliphatic carboxylic acids is 1. The molecule has 0 radical (unpaired) electrons. The van der Waals surface area contributed by atoms with Gasteiger partial charge in [-0.25, -0.2) is 13.2 Å². The van der Waals surface area contributed by atoms with E-state index in [0.717, 1.165) is 0 Å². The lowest BCUT2D eigenvalue weighted by Crippen LogP contribution is -2.44. The average Bonchev–Trinajstić information content (AvgIpc) is 2.43. The van der Waals surface area contributed by atoms with Crippen molar-refractivity contribution < 1.29 is 27.9 Å². The number of carbonyl (C=O) groups is 2. The van der Waals surface area contributed by atoms with E-state index in [0.29, 0.717) is 0 Å². The van der Waals surface area contributed by atoms with Crippen molar-refractivity contribution >= 4 is 22.0 Å². The number of hydrogen-bond acceptors (Lipinski definition) is 5. The van der Waals surface area contributed by atoms with Crippen LogP contribution in [0.1, 0.15) is 29.8 Å². The molecule has 0 fully saturated rings. The topological polar surface area (TPSA) is 110 Å². The second-order valence-corrected chi connectivity index (χ2v) is 6.78. The van der Waals surface area contributed by atoms with Crippen molar-refractivity contribution in [3.63, 3.8) is 0 Å². The zero-order valence-corrected chi connectivity index (χ0v) is 13.6. The minimum Gasteiger partial charge on any atom is -0.480 e. The summed E-state index contributed by atoms with van der Waals surface area (Å²) in [6.45, 7) is 4.66. The van der Waals surface area contributed by atoms with Crippen LogP contribution < -0.4 is 4.72 Å². The summed E-state index contributed by atoms with van der Waals surface area (Å²) < 4.78 is 31.6. The molecule has 0 aliphatic carbocycles. The molecule has 0 spiro atoms. The van der Waals surface area contributed by atoms with Crippen molar-refractivity contribution in [1.29, 1.82) is 0 Å². The molecule has 7 nitrogen and oxygen atoms in total. The smallest absolute Gasteiger partial charge is 0.338 e. The Kier molecular flexibility index (Phi) is 5.67. The number of carboxylic acids is 1. The van der Waals surface area contributed by atoms with Gasteiger partial charge in [0.25, 0.3) is 0 Å². The van der Waals surface area contributed by atoms with E-state index >= 15 is 0 Å². The monoisotopic (exact) mass is 329 g/mol. The molecule has 122 valence electrons. The maximum absolute atomic E-state index is 12.4. The van der Waals surface area contributed by atoms with Crippen LogP contribution in [-0.2, 0) is 19.6 Å². The number of carbonyl (C=O) groups excluding carboxylic acids is 1.